The number of hydrogen-bond donors (Lipinski definition) is 2. The highest BCUT2D eigenvalue weighted by molar-refractivity contribution is 5.68. The van der Waals surface area contributed by atoms with Crippen molar-refractivity contribution in [2.75, 3.05) is 26.3 Å². The van der Waals surface area contributed by atoms with Gasteiger partial charge in [-0.1, -0.05) is 13.3 Å². The quantitative estimate of drug-likeness (QED) is 0.748. The van der Waals surface area contributed by atoms with Gasteiger partial charge in [-0.15, -0.1) is 0 Å². The summed E-state index contributed by atoms with van der Waals surface area (Å²) < 4.78 is 11.0. The Bertz CT molecular complexity index is 357. The molecule has 6 heteroatoms. The third kappa shape index (κ3) is 7.99. The number of aliphatic hydroxyl groups excluding tert-OH is 1. The molecule has 0 aromatic rings. The van der Waals surface area contributed by atoms with Crippen molar-refractivity contribution < 1.29 is 19.4 Å². The van der Waals surface area contributed by atoms with Crippen LogP contribution in [0.3, 0.4) is 0 Å². The van der Waals surface area contributed by atoms with Gasteiger partial charge < -0.3 is 24.8 Å². The molecule has 136 valence electrons. The summed E-state index contributed by atoms with van der Waals surface area (Å²) in [6.07, 6.45) is 1.96. The van der Waals surface area contributed by atoms with E-state index in [-0.39, 0.29) is 24.3 Å². The minimum Gasteiger partial charge on any atom is -0.444 e. The van der Waals surface area contributed by atoms with Gasteiger partial charge in [0.1, 0.15) is 5.60 Å². The van der Waals surface area contributed by atoms with Crippen molar-refractivity contribution >= 4 is 6.09 Å². The summed E-state index contributed by atoms with van der Waals surface area (Å²) in [6, 6.07) is 0.197. The van der Waals surface area contributed by atoms with Gasteiger partial charge in [-0.05, 0) is 40.5 Å². The zero-order chi connectivity index (χ0) is 17.5. The van der Waals surface area contributed by atoms with Gasteiger partial charge >= 0.3 is 6.09 Å². The van der Waals surface area contributed by atoms with Gasteiger partial charge in [-0.25, -0.2) is 4.79 Å². The van der Waals surface area contributed by atoms with Gasteiger partial charge in [0.05, 0.1) is 25.4 Å². The van der Waals surface area contributed by atoms with Crippen LogP contribution in [0.5, 0.6) is 0 Å². The van der Waals surface area contributed by atoms with Crippen molar-refractivity contribution in [3.8, 4) is 0 Å². The first-order valence-corrected chi connectivity index (χ1v) is 8.71. The Hall–Kier alpha value is -0.850. The predicted octanol–water partition coefficient (Wildman–Crippen LogP) is 2.15. The highest BCUT2D eigenvalue weighted by Crippen LogP contribution is 2.17. The summed E-state index contributed by atoms with van der Waals surface area (Å²) in [5, 5.41) is 13.1. The zero-order valence-corrected chi connectivity index (χ0v) is 15.3. The van der Waals surface area contributed by atoms with Crippen LogP contribution in [0.4, 0.5) is 4.79 Å². The molecule has 0 spiro atoms. The molecule has 0 aromatic heterocycles. The van der Waals surface area contributed by atoms with Crippen LogP contribution in [-0.4, -0.2) is 66.2 Å². The Morgan fingerprint density at radius 2 is 2.17 bits per heavy atom. The van der Waals surface area contributed by atoms with Gasteiger partial charge in [0.2, 0.25) is 0 Å². The number of carbonyl (C=O) groups excluding carboxylic acids is 1. The normalized spacial score (nSPS) is 21.8. The summed E-state index contributed by atoms with van der Waals surface area (Å²) in [6.45, 7) is 12.0. The van der Waals surface area contributed by atoms with E-state index < -0.39 is 5.60 Å². The Morgan fingerprint density at radius 3 is 2.78 bits per heavy atom. The number of carbonyl (C=O) groups is 1. The molecular weight excluding hydrogens is 296 g/mol. The van der Waals surface area contributed by atoms with Gasteiger partial charge in [0.25, 0.3) is 0 Å². The molecule has 0 radical (unpaired) electrons. The molecule has 23 heavy (non-hydrogen) atoms. The molecule has 0 saturated carbocycles. The van der Waals surface area contributed by atoms with Gasteiger partial charge in [0, 0.05) is 19.1 Å². The fourth-order valence-electron chi connectivity index (χ4n) is 2.67. The van der Waals surface area contributed by atoms with E-state index in [0.717, 1.165) is 19.3 Å². The maximum Gasteiger partial charge on any atom is 0.410 e. The van der Waals surface area contributed by atoms with Crippen LogP contribution in [0.2, 0.25) is 0 Å². The van der Waals surface area contributed by atoms with E-state index in [1.165, 1.54) is 0 Å². The first kappa shape index (κ1) is 20.2. The standard InChI is InChI=1S/C17H34N2O4/c1-6-7-15(20)11-18-13(2)10-14-12-22-9-8-19(14)16(21)23-17(3,4)5/h13-15,18,20H,6-12H2,1-5H3. The minimum absolute atomic E-state index is 0.00409. The smallest absolute Gasteiger partial charge is 0.410 e. The SMILES string of the molecule is CCCC(O)CNC(C)CC1COCCN1C(=O)OC(C)(C)C. The lowest BCUT2D eigenvalue weighted by Gasteiger charge is -2.37. The number of ether oxygens (including phenoxy) is 2. The molecular formula is C17H34N2O4. The fraction of sp³-hybridized carbons (Fsp3) is 0.941. The van der Waals surface area contributed by atoms with Crippen molar-refractivity contribution in [2.24, 2.45) is 0 Å². The van der Waals surface area contributed by atoms with Crippen LogP contribution in [0, 0.1) is 0 Å². The van der Waals surface area contributed by atoms with Crippen LogP contribution in [0.1, 0.15) is 53.9 Å². The summed E-state index contributed by atoms with van der Waals surface area (Å²) >= 11 is 0. The van der Waals surface area contributed by atoms with Gasteiger partial charge in [-0.2, -0.15) is 0 Å². The van der Waals surface area contributed by atoms with E-state index in [2.05, 4.69) is 19.2 Å². The molecule has 3 atom stereocenters. The first-order chi connectivity index (χ1) is 10.7. The number of nitrogens with one attached hydrogen (secondary N) is 1. The van der Waals surface area contributed by atoms with Crippen molar-refractivity contribution in [3.05, 3.63) is 0 Å². The molecule has 1 aliphatic heterocycles. The number of aliphatic hydroxyl groups is 1. The molecule has 0 aliphatic carbocycles. The lowest BCUT2D eigenvalue weighted by atomic mass is 10.1. The van der Waals surface area contributed by atoms with E-state index in [4.69, 9.17) is 9.47 Å². The predicted molar refractivity (Wildman–Crippen MR) is 90.5 cm³/mol. The largest absolute Gasteiger partial charge is 0.444 e. The van der Waals surface area contributed by atoms with Gasteiger partial charge in [0.15, 0.2) is 0 Å². The van der Waals surface area contributed by atoms with Crippen molar-refractivity contribution in [1.82, 2.24) is 10.2 Å². The second-order valence-electron chi connectivity index (χ2n) is 7.39. The van der Waals surface area contributed by atoms with E-state index in [1.807, 2.05) is 20.8 Å². The van der Waals surface area contributed by atoms with E-state index in [1.54, 1.807) is 4.90 Å². The van der Waals surface area contributed by atoms with Crippen molar-refractivity contribution in [3.63, 3.8) is 0 Å². The van der Waals surface area contributed by atoms with Crippen LogP contribution in [0.25, 0.3) is 0 Å². The topological polar surface area (TPSA) is 71.0 Å². The van der Waals surface area contributed by atoms with Crippen LogP contribution in [0.15, 0.2) is 0 Å². The molecule has 1 fully saturated rings. The fourth-order valence-corrected chi connectivity index (χ4v) is 2.67. The highest BCUT2D eigenvalue weighted by Gasteiger charge is 2.31. The summed E-state index contributed by atoms with van der Waals surface area (Å²) in [5.74, 6) is 0. The number of morpholine rings is 1. The molecule has 0 aromatic carbocycles. The molecule has 1 heterocycles. The van der Waals surface area contributed by atoms with E-state index in [0.29, 0.717) is 26.3 Å². The Kier molecular flexibility index (Phi) is 8.29. The molecule has 1 saturated heterocycles. The maximum absolute atomic E-state index is 12.3. The Labute approximate surface area is 140 Å². The molecule has 1 rings (SSSR count). The first-order valence-electron chi connectivity index (χ1n) is 8.71. The van der Waals surface area contributed by atoms with E-state index >= 15 is 0 Å². The van der Waals surface area contributed by atoms with Crippen LogP contribution in [-0.2, 0) is 9.47 Å². The second-order valence-corrected chi connectivity index (χ2v) is 7.39. The number of amides is 1. The lowest BCUT2D eigenvalue weighted by Crippen LogP contribution is -2.52. The number of hydrogen-bond acceptors (Lipinski definition) is 5. The van der Waals surface area contributed by atoms with Crippen molar-refractivity contribution in [2.45, 2.75) is 77.7 Å². The molecule has 6 nitrogen and oxygen atoms in total. The Balaban J connectivity index is 2.49. The van der Waals surface area contributed by atoms with E-state index in [9.17, 15) is 9.90 Å². The number of nitrogens with zero attached hydrogens (tertiary/aromatic N) is 1. The summed E-state index contributed by atoms with van der Waals surface area (Å²) in [4.78, 5) is 14.1. The third-order valence-electron chi connectivity index (χ3n) is 3.81. The van der Waals surface area contributed by atoms with Crippen LogP contribution < -0.4 is 5.32 Å². The highest BCUT2D eigenvalue weighted by atomic mass is 16.6. The second kappa shape index (κ2) is 9.45. The average molecular weight is 330 g/mol. The molecule has 1 aliphatic rings. The third-order valence-corrected chi connectivity index (χ3v) is 3.81. The van der Waals surface area contributed by atoms with Crippen LogP contribution >= 0.6 is 0 Å². The molecule has 0 bridgehead atoms. The summed E-state index contributed by atoms with van der Waals surface area (Å²) in [7, 11) is 0. The maximum atomic E-state index is 12.3. The minimum atomic E-state index is -0.492. The van der Waals surface area contributed by atoms with Crippen molar-refractivity contribution in [1.29, 1.82) is 0 Å². The molecule has 3 unspecified atom stereocenters. The number of rotatable bonds is 7. The summed E-state index contributed by atoms with van der Waals surface area (Å²) in [5.41, 5.74) is -0.492. The van der Waals surface area contributed by atoms with Gasteiger partial charge in [-0.3, -0.25) is 0 Å². The molecule has 1 amide bonds. The Morgan fingerprint density at radius 1 is 1.48 bits per heavy atom. The molecule has 2 N–H and O–H groups in total. The monoisotopic (exact) mass is 330 g/mol. The zero-order valence-electron chi connectivity index (χ0n) is 15.3. The average Bonchev–Trinajstić information content (AvgIpc) is 2.44. The lowest BCUT2D eigenvalue weighted by molar-refractivity contribution is -0.0357.